The van der Waals surface area contributed by atoms with Crippen molar-refractivity contribution in [3.63, 3.8) is 0 Å². The number of carbonyl (C=O) groups is 2. The monoisotopic (exact) mass is 375 g/mol. The third-order valence-corrected chi connectivity index (χ3v) is 5.03. The highest BCUT2D eigenvalue weighted by Gasteiger charge is 2.35. The van der Waals surface area contributed by atoms with Gasteiger partial charge >= 0.3 is 0 Å². The van der Waals surface area contributed by atoms with Gasteiger partial charge in [-0.2, -0.15) is 0 Å². The van der Waals surface area contributed by atoms with Crippen LogP contribution in [-0.2, 0) is 16.1 Å². The summed E-state index contributed by atoms with van der Waals surface area (Å²) in [5.41, 5.74) is 1.76. The number of fused-ring (bicyclic) bond motifs is 1. The van der Waals surface area contributed by atoms with Gasteiger partial charge < -0.3 is 15.0 Å². The van der Waals surface area contributed by atoms with E-state index in [2.05, 4.69) is 10.3 Å². The van der Waals surface area contributed by atoms with Crippen molar-refractivity contribution >= 4 is 28.3 Å². The number of rotatable bonds is 5. The molecule has 3 aromatic rings. The van der Waals surface area contributed by atoms with Crippen LogP contribution in [0.5, 0.6) is 5.88 Å². The molecule has 1 aliphatic heterocycles. The molecule has 6 heteroatoms. The van der Waals surface area contributed by atoms with Gasteiger partial charge in [-0.3, -0.25) is 9.59 Å². The average molecular weight is 375 g/mol. The number of methoxy groups -OCH3 is 1. The molecule has 1 saturated heterocycles. The maximum absolute atomic E-state index is 12.6. The van der Waals surface area contributed by atoms with E-state index in [-0.39, 0.29) is 24.2 Å². The van der Waals surface area contributed by atoms with E-state index in [9.17, 15) is 9.59 Å². The van der Waals surface area contributed by atoms with E-state index in [0.29, 0.717) is 19.0 Å². The summed E-state index contributed by atoms with van der Waals surface area (Å²) >= 11 is 0. The second-order valence-electron chi connectivity index (χ2n) is 6.83. The quantitative estimate of drug-likeness (QED) is 0.744. The van der Waals surface area contributed by atoms with Crippen molar-refractivity contribution in [2.45, 2.75) is 13.0 Å². The predicted octanol–water partition coefficient (Wildman–Crippen LogP) is 2.91. The van der Waals surface area contributed by atoms with Gasteiger partial charge in [0.25, 0.3) is 0 Å². The Labute approximate surface area is 163 Å². The van der Waals surface area contributed by atoms with E-state index >= 15 is 0 Å². The van der Waals surface area contributed by atoms with Gasteiger partial charge in [-0.15, -0.1) is 0 Å². The lowest BCUT2D eigenvalue weighted by Crippen LogP contribution is -2.32. The number of nitrogens with one attached hydrogen (secondary N) is 1. The van der Waals surface area contributed by atoms with Crippen molar-refractivity contribution in [3.05, 3.63) is 66.4 Å². The number of anilines is 1. The molecule has 0 saturated carbocycles. The summed E-state index contributed by atoms with van der Waals surface area (Å²) in [6.45, 7) is 0.759. The van der Waals surface area contributed by atoms with Gasteiger partial charge in [0.15, 0.2) is 0 Å². The summed E-state index contributed by atoms with van der Waals surface area (Å²) < 4.78 is 5.10. The third kappa shape index (κ3) is 3.53. The van der Waals surface area contributed by atoms with Crippen molar-refractivity contribution in [2.75, 3.05) is 18.6 Å². The average Bonchev–Trinajstić information content (AvgIpc) is 3.13. The van der Waals surface area contributed by atoms with Crippen molar-refractivity contribution in [1.29, 1.82) is 0 Å². The number of pyridine rings is 1. The normalized spacial score (nSPS) is 16.4. The first-order valence-corrected chi connectivity index (χ1v) is 9.20. The fourth-order valence-corrected chi connectivity index (χ4v) is 3.57. The molecule has 1 fully saturated rings. The van der Waals surface area contributed by atoms with Crippen LogP contribution in [0.15, 0.2) is 60.8 Å². The third-order valence-electron chi connectivity index (χ3n) is 5.03. The molecule has 0 unspecified atom stereocenters. The standard InChI is InChI=1S/C22H21N3O3/c1-28-20-11-15(9-10-23-20)13-24-22(27)17-12-21(26)25(14-17)19-8-4-6-16-5-2-3-7-18(16)19/h2-11,17H,12-14H2,1H3,(H,24,27)/t17-/m1/s1. The lowest BCUT2D eigenvalue weighted by molar-refractivity contribution is -0.126. The van der Waals surface area contributed by atoms with Gasteiger partial charge in [-0.1, -0.05) is 36.4 Å². The zero-order chi connectivity index (χ0) is 19.5. The molecule has 2 heterocycles. The lowest BCUT2D eigenvalue weighted by Gasteiger charge is -2.19. The SMILES string of the molecule is COc1cc(CNC(=O)[C@@H]2CC(=O)N(c3cccc4ccccc34)C2)ccn1. The van der Waals surface area contributed by atoms with Gasteiger partial charge in [0.2, 0.25) is 17.7 Å². The highest BCUT2D eigenvalue weighted by molar-refractivity contribution is 6.06. The smallest absolute Gasteiger partial charge is 0.227 e. The second-order valence-corrected chi connectivity index (χ2v) is 6.83. The molecule has 1 aliphatic rings. The van der Waals surface area contributed by atoms with Crippen molar-refractivity contribution in [3.8, 4) is 5.88 Å². The largest absolute Gasteiger partial charge is 0.481 e. The van der Waals surface area contributed by atoms with Crippen LogP contribution < -0.4 is 15.0 Å². The second kappa shape index (κ2) is 7.68. The zero-order valence-corrected chi connectivity index (χ0v) is 15.6. The van der Waals surface area contributed by atoms with Crippen LogP contribution in [0.4, 0.5) is 5.69 Å². The Morgan fingerprint density at radius 2 is 2.04 bits per heavy atom. The van der Waals surface area contributed by atoms with E-state index in [1.54, 1.807) is 24.3 Å². The van der Waals surface area contributed by atoms with Crippen LogP contribution in [0, 0.1) is 5.92 Å². The summed E-state index contributed by atoms with van der Waals surface area (Å²) in [6, 6.07) is 17.5. The first-order valence-electron chi connectivity index (χ1n) is 9.20. The number of amides is 2. The van der Waals surface area contributed by atoms with E-state index < -0.39 is 0 Å². The van der Waals surface area contributed by atoms with Crippen LogP contribution in [0.25, 0.3) is 10.8 Å². The molecule has 6 nitrogen and oxygen atoms in total. The Kier molecular flexibility index (Phi) is 4.93. The number of nitrogens with zero attached hydrogens (tertiary/aromatic N) is 2. The zero-order valence-electron chi connectivity index (χ0n) is 15.6. The number of aromatic nitrogens is 1. The summed E-state index contributed by atoms with van der Waals surface area (Å²) in [7, 11) is 1.55. The minimum absolute atomic E-state index is 0.0258. The molecule has 0 radical (unpaired) electrons. The van der Waals surface area contributed by atoms with Crippen molar-refractivity contribution in [1.82, 2.24) is 10.3 Å². The van der Waals surface area contributed by atoms with Gasteiger partial charge in [0.1, 0.15) is 0 Å². The van der Waals surface area contributed by atoms with Crippen LogP contribution in [0.1, 0.15) is 12.0 Å². The van der Waals surface area contributed by atoms with Gasteiger partial charge in [-0.25, -0.2) is 4.98 Å². The summed E-state index contributed by atoms with van der Waals surface area (Å²) in [5.74, 6) is -0.00549. The van der Waals surface area contributed by atoms with Gasteiger partial charge in [0, 0.05) is 37.2 Å². The van der Waals surface area contributed by atoms with Crippen molar-refractivity contribution < 1.29 is 14.3 Å². The highest BCUT2D eigenvalue weighted by atomic mass is 16.5. The topological polar surface area (TPSA) is 71.5 Å². The molecular formula is C22H21N3O3. The maximum atomic E-state index is 12.6. The summed E-state index contributed by atoms with van der Waals surface area (Å²) in [5, 5.41) is 5.01. The Bertz CT molecular complexity index is 1030. The molecular weight excluding hydrogens is 354 g/mol. The first-order chi connectivity index (χ1) is 13.7. The highest BCUT2D eigenvalue weighted by Crippen LogP contribution is 2.31. The molecule has 28 heavy (non-hydrogen) atoms. The fraction of sp³-hybridized carbons (Fsp3) is 0.227. The van der Waals surface area contributed by atoms with Crippen LogP contribution in [0.3, 0.4) is 0 Å². The summed E-state index contributed by atoms with van der Waals surface area (Å²) in [6.07, 6.45) is 1.86. The molecule has 2 aromatic carbocycles. The fourth-order valence-electron chi connectivity index (χ4n) is 3.57. The Hall–Kier alpha value is -3.41. The van der Waals surface area contributed by atoms with Crippen LogP contribution in [-0.4, -0.2) is 30.5 Å². The molecule has 0 bridgehead atoms. The Morgan fingerprint density at radius 1 is 1.21 bits per heavy atom. The number of hydrogen-bond acceptors (Lipinski definition) is 4. The minimum atomic E-state index is -0.366. The molecule has 1 atom stereocenters. The van der Waals surface area contributed by atoms with E-state index in [4.69, 9.17) is 4.74 Å². The molecule has 1 N–H and O–H groups in total. The van der Waals surface area contributed by atoms with Crippen LogP contribution >= 0.6 is 0 Å². The van der Waals surface area contributed by atoms with E-state index in [0.717, 1.165) is 22.0 Å². The van der Waals surface area contributed by atoms with Gasteiger partial charge in [-0.05, 0) is 23.1 Å². The molecule has 142 valence electrons. The molecule has 4 rings (SSSR count). The van der Waals surface area contributed by atoms with Gasteiger partial charge in [0.05, 0.1) is 18.7 Å². The number of ether oxygens (including phenoxy) is 1. The predicted molar refractivity (Wildman–Crippen MR) is 107 cm³/mol. The minimum Gasteiger partial charge on any atom is -0.481 e. The number of carbonyl (C=O) groups excluding carboxylic acids is 2. The van der Waals surface area contributed by atoms with E-state index in [1.807, 2.05) is 48.5 Å². The van der Waals surface area contributed by atoms with Crippen LogP contribution in [0.2, 0.25) is 0 Å². The van der Waals surface area contributed by atoms with E-state index in [1.165, 1.54) is 0 Å². The first kappa shape index (κ1) is 18.0. The summed E-state index contributed by atoms with van der Waals surface area (Å²) in [4.78, 5) is 31.0. The molecule has 0 spiro atoms. The number of hydrogen-bond donors (Lipinski definition) is 1. The molecule has 0 aliphatic carbocycles. The molecule has 1 aromatic heterocycles. The Morgan fingerprint density at radius 3 is 2.89 bits per heavy atom. The lowest BCUT2D eigenvalue weighted by atomic mass is 10.1. The molecule has 2 amide bonds. The maximum Gasteiger partial charge on any atom is 0.227 e. The van der Waals surface area contributed by atoms with Crippen molar-refractivity contribution in [2.24, 2.45) is 5.92 Å². The number of benzene rings is 2. The Balaban J connectivity index is 1.46.